The van der Waals surface area contributed by atoms with Gasteiger partial charge in [-0.2, -0.15) is 0 Å². The Labute approximate surface area is 130 Å². The zero-order valence-electron chi connectivity index (χ0n) is 12.3. The molecule has 3 rings (SSSR count). The average Bonchev–Trinajstić information content (AvgIpc) is 2.61. The van der Waals surface area contributed by atoms with Gasteiger partial charge >= 0.3 is 0 Å². The summed E-state index contributed by atoms with van der Waals surface area (Å²) in [6.07, 6.45) is 8.02. The Morgan fingerprint density at radius 2 is 1.64 bits per heavy atom. The van der Waals surface area contributed by atoms with E-state index in [0.717, 1.165) is 12.0 Å². The van der Waals surface area contributed by atoms with E-state index < -0.39 is 6.10 Å². The fraction of sp³-hybridized carbons (Fsp3) is 0.150. The minimum absolute atomic E-state index is 0.0932. The van der Waals surface area contributed by atoms with Crippen LogP contribution in [0.4, 0.5) is 0 Å². The summed E-state index contributed by atoms with van der Waals surface area (Å²) in [7, 11) is 0. The second-order valence-electron chi connectivity index (χ2n) is 5.28. The van der Waals surface area contributed by atoms with Crippen molar-refractivity contribution < 1.29 is 9.53 Å². The number of Topliss-reactive ketones (excluding diaryl/α,β-unsaturated/α-hetero) is 1. The summed E-state index contributed by atoms with van der Waals surface area (Å²) < 4.78 is 6.01. The maximum absolute atomic E-state index is 12.9. The highest BCUT2D eigenvalue weighted by atomic mass is 16.5. The quantitative estimate of drug-likeness (QED) is 0.810. The normalized spacial score (nSPS) is 17.9. The number of carbonyl (C=O) groups excluding carboxylic acids is 1. The number of allylic oxidation sites excluding steroid dienone is 4. The zero-order chi connectivity index (χ0) is 15.2. The van der Waals surface area contributed by atoms with Gasteiger partial charge in [0, 0.05) is 5.92 Å². The SMILES string of the molecule is O=C(C1C=CC=CC1)C(Oc1ccccc1)c1ccccc1. The summed E-state index contributed by atoms with van der Waals surface area (Å²) in [6, 6.07) is 19.2. The second-order valence-corrected chi connectivity index (χ2v) is 5.28. The standard InChI is InChI=1S/C20H18O2/c21-19(16-10-4-1-5-11-16)20(17-12-6-2-7-13-17)22-18-14-8-3-9-15-18/h1-10,12-16,20H,11H2. The van der Waals surface area contributed by atoms with Crippen LogP contribution in [0.1, 0.15) is 18.1 Å². The van der Waals surface area contributed by atoms with E-state index in [2.05, 4.69) is 0 Å². The first-order valence-electron chi connectivity index (χ1n) is 7.48. The number of ketones is 1. The lowest BCUT2D eigenvalue weighted by atomic mass is 9.90. The first-order valence-corrected chi connectivity index (χ1v) is 7.48. The van der Waals surface area contributed by atoms with Gasteiger partial charge in [-0.25, -0.2) is 0 Å². The highest BCUT2D eigenvalue weighted by Gasteiger charge is 2.28. The third kappa shape index (κ3) is 3.34. The first-order chi connectivity index (χ1) is 10.8. The van der Waals surface area contributed by atoms with E-state index in [4.69, 9.17) is 4.74 Å². The molecule has 0 amide bonds. The Bertz CT molecular complexity index is 671. The van der Waals surface area contributed by atoms with Crippen LogP contribution in [-0.4, -0.2) is 5.78 Å². The van der Waals surface area contributed by atoms with Gasteiger partial charge in [0.25, 0.3) is 0 Å². The van der Waals surface area contributed by atoms with Crippen LogP contribution in [0.3, 0.4) is 0 Å². The van der Waals surface area contributed by atoms with Gasteiger partial charge in [-0.05, 0) is 24.1 Å². The molecule has 2 atom stereocenters. The van der Waals surface area contributed by atoms with E-state index >= 15 is 0 Å². The van der Waals surface area contributed by atoms with Crippen LogP contribution >= 0.6 is 0 Å². The van der Waals surface area contributed by atoms with Gasteiger partial charge in [-0.1, -0.05) is 72.8 Å². The molecule has 1 aliphatic rings. The molecule has 22 heavy (non-hydrogen) atoms. The molecule has 0 radical (unpaired) electrons. The lowest BCUT2D eigenvalue weighted by Gasteiger charge is -2.22. The molecule has 0 spiro atoms. The fourth-order valence-corrected chi connectivity index (χ4v) is 2.54. The molecule has 2 aromatic rings. The molecule has 0 N–H and O–H groups in total. The van der Waals surface area contributed by atoms with Gasteiger partial charge < -0.3 is 4.74 Å². The van der Waals surface area contributed by atoms with Gasteiger partial charge in [0.2, 0.25) is 0 Å². The van der Waals surface area contributed by atoms with Crippen LogP contribution in [0.2, 0.25) is 0 Å². The molecule has 0 saturated carbocycles. The van der Waals surface area contributed by atoms with Gasteiger partial charge in [-0.15, -0.1) is 0 Å². The molecule has 110 valence electrons. The predicted molar refractivity (Wildman–Crippen MR) is 87.6 cm³/mol. The Morgan fingerprint density at radius 1 is 0.955 bits per heavy atom. The zero-order valence-corrected chi connectivity index (χ0v) is 12.3. The van der Waals surface area contributed by atoms with E-state index in [1.54, 1.807) is 0 Å². The molecule has 0 aromatic heterocycles. The van der Waals surface area contributed by atoms with E-state index in [0.29, 0.717) is 5.75 Å². The molecule has 0 fully saturated rings. The lowest BCUT2D eigenvalue weighted by Crippen LogP contribution is -2.25. The highest BCUT2D eigenvalue weighted by Crippen LogP contribution is 2.27. The number of hydrogen-bond acceptors (Lipinski definition) is 2. The first kappa shape index (κ1) is 14.3. The summed E-state index contributed by atoms with van der Waals surface area (Å²) >= 11 is 0. The smallest absolute Gasteiger partial charge is 0.185 e. The number of benzene rings is 2. The summed E-state index contributed by atoms with van der Waals surface area (Å²) in [4.78, 5) is 12.9. The average molecular weight is 290 g/mol. The Hall–Kier alpha value is -2.61. The number of para-hydroxylation sites is 1. The number of rotatable bonds is 5. The molecule has 2 heteroatoms. The monoisotopic (exact) mass is 290 g/mol. The highest BCUT2D eigenvalue weighted by molar-refractivity contribution is 5.88. The predicted octanol–water partition coefficient (Wildman–Crippen LogP) is 4.51. The maximum atomic E-state index is 12.9. The third-order valence-electron chi connectivity index (χ3n) is 3.70. The summed E-state index contributed by atoms with van der Waals surface area (Å²) in [5.74, 6) is 0.676. The Balaban J connectivity index is 1.87. The van der Waals surface area contributed by atoms with Crippen LogP contribution in [0.25, 0.3) is 0 Å². The van der Waals surface area contributed by atoms with Crippen molar-refractivity contribution in [3.05, 3.63) is 90.5 Å². The van der Waals surface area contributed by atoms with Crippen molar-refractivity contribution in [3.63, 3.8) is 0 Å². The van der Waals surface area contributed by atoms with Crippen molar-refractivity contribution in [3.8, 4) is 5.75 Å². The van der Waals surface area contributed by atoms with Crippen LogP contribution in [0, 0.1) is 5.92 Å². The third-order valence-corrected chi connectivity index (χ3v) is 3.70. The minimum Gasteiger partial charge on any atom is -0.478 e. The van der Waals surface area contributed by atoms with E-state index in [1.165, 1.54) is 0 Å². The van der Waals surface area contributed by atoms with E-state index in [1.807, 2.05) is 85.0 Å². The van der Waals surface area contributed by atoms with Crippen LogP contribution in [0.15, 0.2) is 85.0 Å². The van der Waals surface area contributed by atoms with Gasteiger partial charge in [0.05, 0.1) is 0 Å². The molecular weight excluding hydrogens is 272 g/mol. The number of ether oxygens (including phenoxy) is 1. The lowest BCUT2D eigenvalue weighted by molar-refractivity contribution is -0.128. The second kappa shape index (κ2) is 6.90. The largest absolute Gasteiger partial charge is 0.478 e. The number of carbonyl (C=O) groups is 1. The Kier molecular flexibility index (Phi) is 4.50. The molecule has 0 bridgehead atoms. The van der Waals surface area contributed by atoms with Crippen LogP contribution < -0.4 is 4.74 Å². The van der Waals surface area contributed by atoms with Gasteiger partial charge in [-0.3, -0.25) is 4.79 Å². The fourth-order valence-electron chi connectivity index (χ4n) is 2.54. The molecule has 2 unspecified atom stereocenters. The van der Waals surface area contributed by atoms with Crippen LogP contribution in [0.5, 0.6) is 5.75 Å². The van der Waals surface area contributed by atoms with Crippen molar-refractivity contribution in [2.45, 2.75) is 12.5 Å². The van der Waals surface area contributed by atoms with Crippen molar-refractivity contribution in [1.82, 2.24) is 0 Å². The summed E-state index contributed by atoms with van der Waals surface area (Å²) in [6.45, 7) is 0. The minimum atomic E-state index is -0.579. The maximum Gasteiger partial charge on any atom is 0.185 e. The molecule has 0 heterocycles. The molecular formula is C20H18O2. The summed E-state index contributed by atoms with van der Waals surface area (Å²) in [5, 5.41) is 0. The van der Waals surface area contributed by atoms with Crippen molar-refractivity contribution >= 4 is 5.78 Å². The van der Waals surface area contributed by atoms with Gasteiger partial charge in [0.15, 0.2) is 11.9 Å². The summed E-state index contributed by atoms with van der Waals surface area (Å²) in [5.41, 5.74) is 0.888. The van der Waals surface area contributed by atoms with E-state index in [-0.39, 0.29) is 11.7 Å². The van der Waals surface area contributed by atoms with E-state index in [9.17, 15) is 4.79 Å². The number of hydrogen-bond donors (Lipinski definition) is 0. The molecule has 1 aliphatic carbocycles. The topological polar surface area (TPSA) is 26.3 Å². The molecule has 0 aliphatic heterocycles. The van der Waals surface area contributed by atoms with Crippen LogP contribution in [-0.2, 0) is 4.79 Å². The molecule has 2 nitrogen and oxygen atoms in total. The van der Waals surface area contributed by atoms with Crippen molar-refractivity contribution in [2.24, 2.45) is 5.92 Å². The Morgan fingerprint density at radius 3 is 2.27 bits per heavy atom. The van der Waals surface area contributed by atoms with Gasteiger partial charge in [0.1, 0.15) is 5.75 Å². The van der Waals surface area contributed by atoms with Crippen molar-refractivity contribution in [2.75, 3.05) is 0 Å². The molecule has 2 aromatic carbocycles. The van der Waals surface area contributed by atoms with Crippen molar-refractivity contribution in [1.29, 1.82) is 0 Å². The molecule has 0 saturated heterocycles.